The Labute approximate surface area is 142 Å². The van der Waals surface area contributed by atoms with Crippen LogP contribution < -0.4 is 0 Å². The summed E-state index contributed by atoms with van der Waals surface area (Å²) in [5.74, 6) is -1.56. The lowest BCUT2D eigenvalue weighted by molar-refractivity contribution is -0.421. The highest BCUT2D eigenvalue weighted by Gasteiger charge is 2.80. The molecule has 4 aliphatic heterocycles. The van der Waals surface area contributed by atoms with Crippen LogP contribution in [0.5, 0.6) is 0 Å². The average molecular weight is 352 g/mol. The Balaban J connectivity index is 1.93. The Morgan fingerprint density at radius 3 is 2.54 bits per heavy atom. The summed E-state index contributed by atoms with van der Waals surface area (Å²) in [6, 6.07) is 0. The Morgan fingerprint density at radius 2 is 1.92 bits per heavy atom. The molecule has 5 aliphatic rings. The van der Waals surface area contributed by atoms with Crippen LogP contribution in [0.3, 0.4) is 0 Å². The number of Topliss-reactive ketones (excluding diaryl/α,β-unsaturated/α-hetero) is 1. The Bertz CT molecular complexity index is 681. The van der Waals surface area contributed by atoms with Crippen LogP contribution in [0.25, 0.3) is 0 Å². The van der Waals surface area contributed by atoms with Gasteiger partial charge in [0.2, 0.25) is 5.79 Å². The maximum Gasteiger partial charge on any atom is 0.339 e. The maximum absolute atomic E-state index is 12.8. The van der Waals surface area contributed by atoms with Gasteiger partial charge < -0.3 is 18.6 Å². The van der Waals surface area contributed by atoms with Gasteiger partial charge in [0.25, 0.3) is 0 Å². The molecule has 0 aromatic heterocycles. The molecule has 1 aliphatic carbocycles. The van der Waals surface area contributed by atoms with Crippen molar-refractivity contribution in [1.29, 1.82) is 0 Å². The van der Waals surface area contributed by atoms with Crippen LogP contribution in [-0.4, -0.2) is 43.2 Å². The van der Waals surface area contributed by atoms with Gasteiger partial charge in [0, 0.05) is 5.92 Å². The molecule has 0 spiro atoms. The molecular weight excluding hydrogens is 328 g/mol. The minimum absolute atomic E-state index is 0.0395. The third-order valence-corrected chi connectivity index (χ3v) is 6.69. The SMILES string of the molecule is CC1=C[C@@H]2[C@@H]3[C@@H](O1)C(=O)C[C@@]1(O[Si](C)(C)C)O[C@]2(C)C(=O)O[C@@]31C. The van der Waals surface area contributed by atoms with Crippen LogP contribution in [0, 0.1) is 11.8 Å². The van der Waals surface area contributed by atoms with Gasteiger partial charge in [-0.1, -0.05) is 0 Å². The lowest BCUT2D eigenvalue weighted by Gasteiger charge is -2.69. The zero-order chi connectivity index (χ0) is 17.7. The number of hydrogen-bond donors (Lipinski definition) is 0. The lowest BCUT2D eigenvalue weighted by atomic mass is 9.55. The van der Waals surface area contributed by atoms with E-state index in [4.69, 9.17) is 18.6 Å². The van der Waals surface area contributed by atoms with Crippen LogP contribution in [0.15, 0.2) is 11.8 Å². The fraction of sp³-hybridized carbons (Fsp3) is 0.765. The summed E-state index contributed by atoms with van der Waals surface area (Å²) in [5.41, 5.74) is -2.20. The van der Waals surface area contributed by atoms with Crippen molar-refractivity contribution in [3.8, 4) is 0 Å². The van der Waals surface area contributed by atoms with Gasteiger partial charge in [0.05, 0.1) is 18.1 Å². The maximum atomic E-state index is 12.8. The molecule has 4 bridgehead atoms. The summed E-state index contributed by atoms with van der Waals surface area (Å²) < 4.78 is 24.5. The van der Waals surface area contributed by atoms with Gasteiger partial charge in [-0.25, -0.2) is 4.79 Å². The first-order chi connectivity index (χ1) is 10.9. The molecule has 0 amide bonds. The van der Waals surface area contributed by atoms with E-state index < -0.39 is 31.4 Å². The molecule has 0 aromatic rings. The molecule has 24 heavy (non-hydrogen) atoms. The quantitative estimate of drug-likeness (QED) is 0.560. The number of allylic oxidation sites excluding steroid dienone is 1. The van der Waals surface area contributed by atoms with E-state index in [2.05, 4.69) is 0 Å². The van der Waals surface area contributed by atoms with E-state index in [0.29, 0.717) is 5.76 Å². The number of hydrogen-bond acceptors (Lipinski definition) is 6. The molecule has 0 unspecified atom stereocenters. The second kappa shape index (κ2) is 4.31. The minimum Gasteiger partial charge on any atom is -0.487 e. The van der Waals surface area contributed by atoms with E-state index in [9.17, 15) is 9.59 Å². The smallest absolute Gasteiger partial charge is 0.339 e. The molecule has 0 aromatic carbocycles. The van der Waals surface area contributed by atoms with Gasteiger partial charge in [0.1, 0.15) is 0 Å². The van der Waals surface area contributed by atoms with Gasteiger partial charge in [-0.05, 0) is 46.5 Å². The summed E-state index contributed by atoms with van der Waals surface area (Å²) in [6.07, 6.45) is 1.33. The van der Waals surface area contributed by atoms with E-state index in [1.54, 1.807) is 6.92 Å². The zero-order valence-corrected chi connectivity index (χ0v) is 16.0. The van der Waals surface area contributed by atoms with E-state index in [0.717, 1.165) is 0 Å². The molecule has 5 rings (SSSR count). The Kier molecular flexibility index (Phi) is 2.93. The minimum atomic E-state index is -2.08. The number of esters is 1. The molecule has 1 saturated carbocycles. The highest BCUT2D eigenvalue weighted by atomic mass is 28.4. The van der Waals surface area contributed by atoms with Crippen molar-refractivity contribution >= 4 is 20.1 Å². The van der Waals surface area contributed by atoms with Crippen molar-refractivity contribution in [2.24, 2.45) is 11.8 Å². The van der Waals surface area contributed by atoms with E-state index in [1.165, 1.54) is 0 Å². The van der Waals surface area contributed by atoms with Crippen molar-refractivity contribution < 1.29 is 28.2 Å². The van der Waals surface area contributed by atoms with Crippen molar-refractivity contribution in [2.75, 3.05) is 0 Å². The van der Waals surface area contributed by atoms with Gasteiger partial charge in [0.15, 0.2) is 31.4 Å². The second-order valence-corrected chi connectivity index (χ2v) is 13.1. The lowest BCUT2D eigenvalue weighted by Crippen LogP contribution is -2.85. The van der Waals surface area contributed by atoms with Gasteiger partial charge in [-0.3, -0.25) is 4.79 Å². The van der Waals surface area contributed by atoms with Crippen LogP contribution in [0.4, 0.5) is 0 Å². The molecule has 3 saturated heterocycles. The predicted molar refractivity (Wildman–Crippen MR) is 86.4 cm³/mol. The third-order valence-electron chi connectivity index (χ3n) is 5.75. The van der Waals surface area contributed by atoms with Gasteiger partial charge >= 0.3 is 5.97 Å². The number of ketones is 1. The Hall–Kier alpha value is -1.18. The zero-order valence-electron chi connectivity index (χ0n) is 15.0. The largest absolute Gasteiger partial charge is 0.487 e. The average Bonchev–Trinajstić information content (AvgIpc) is 2.39. The fourth-order valence-corrected chi connectivity index (χ4v) is 6.14. The van der Waals surface area contributed by atoms with Gasteiger partial charge in [-0.2, -0.15) is 0 Å². The summed E-state index contributed by atoms with van der Waals surface area (Å²) >= 11 is 0. The Morgan fingerprint density at radius 1 is 1.25 bits per heavy atom. The highest BCUT2D eigenvalue weighted by Crippen LogP contribution is 2.63. The monoisotopic (exact) mass is 352 g/mol. The highest BCUT2D eigenvalue weighted by molar-refractivity contribution is 6.69. The predicted octanol–water partition coefficient (Wildman–Crippen LogP) is 2.15. The standard InChI is InChI=1S/C17H24O6Si/c1-9-7-10-12-13(20-9)11(18)8-17(23-24(4,5)6)16(12,3)21-14(19)15(10,2)22-17/h7,10,12-13H,8H2,1-6H3/t10-,12-,13+,15+,16+,17+/m1/s1. The van der Waals surface area contributed by atoms with E-state index in [1.807, 2.05) is 39.6 Å². The number of carbonyl (C=O) groups excluding carboxylic acids is 2. The molecule has 132 valence electrons. The van der Waals surface area contributed by atoms with Crippen LogP contribution in [0.2, 0.25) is 19.6 Å². The second-order valence-electron chi connectivity index (χ2n) is 8.68. The van der Waals surface area contributed by atoms with Crippen LogP contribution in [-0.2, 0) is 28.2 Å². The topological polar surface area (TPSA) is 71.1 Å². The number of ether oxygens (including phenoxy) is 3. The summed E-state index contributed by atoms with van der Waals surface area (Å²) in [7, 11) is -2.08. The molecular formula is C17H24O6Si. The first-order valence-electron chi connectivity index (χ1n) is 8.43. The molecule has 4 fully saturated rings. The normalized spacial score (nSPS) is 49.4. The summed E-state index contributed by atoms with van der Waals surface area (Å²) in [4.78, 5) is 25.5. The first kappa shape index (κ1) is 16.3. The van der Waals surface area contributed by atoms with Crippen molar-refractivity contribution in [3.05, 3.63) is 11.8 Å². The van der Waals surface area contributed by atoms with E-state index in [-0.39, 0.29) is 30.0 Å². The summed E-state index contributed by atoms with van der Waals surface area (Å²) in [6.45, 7) is 11.5. The molecule has 7 heteroatoms. The fourth-order valence-electron chi connectivity index (χ4n) is 4.83. The van der Waals surface area contributed by atoms with Crippen LogP contribution in [0.1, 0.15) is 27.2 Å². The molecule has 4 heterocycles. The molecule has 6 atom stereocenters. The first-order valence-corrected chi connectivity index (χ1v) is 11.8. The number of fused-ring (bicyclic) bond motifs is 1. The summed E-state index contributed by atoms with van der Waals surface area (Å²) in [5, 5.41) is 0. The van der Waals surface area contributed by atoms with Crippen molar-refractivity contribution in [1.82, 2.24) is 0 Å². The third kappa shape index (κ3) is 1.78. The van der Waals surface area contributed by atoms with E-state index >= 15 is 0 Å². The van der Waals surface area contributed by atoms with Gasteiger partial charge in [-0.15, -0.1) is 0 Å². The molecule has 6 nitrogen and oxygen atoms in total. The molecule has 0 radical (unpaired) electrons. The van der Waals surface area contributed by atoms with Crippen molar-refractivity contribution in [2.45, 2.75) is 69.9 Å². The van der Waals surface area contributed by atoms with Crippen LogP contribution >= 0.6 is 0 Å². The molecule has 0 N–H and O–H groups in total. The number of carbonyl (C=O) groups is 2. The number of rotatable bonds is 2. The van der Waals surface area contributed by atoms with Crippen molar-refractivity contribution in [3.63, 3.8) is 0 Å².